The van der Waals surface area contributed by atoms with Gasteiger partial charge in [0.1, 0.15) is 11.7 Å². The lowest BCUT2D eigenvalue weighted by Crippen LogP contribution is -2.54. The largest absolute Gasteiger partial charge is 0.459 e. The van der Waals surface area contributed by atoms with Crippen molar-refractivity contribution in [3.05, 3.63) is 0 Å². The third-order valence-corrected chi connectivity index (χ3v) is 3.74. The van der Waals surface area contributed by atoms with Crippen molar-refractivity contribution in [2.24, 2.45) is 5.41 Å². The number of esters is 1. The summed E-state index contributed by atoms with van der Waals surface area (Å²) in [6.07, 6.45) is 2.64. The fourth-order valence-corrected chi connectivity index (χ4v) is 1.60. The van der Waals surface area contributed by atoms with Crippen LogP contribution in [0.15, 0.2) is 0 Å². The standard InChI is InChI=1S/C12H22O3/c1-5-11(3,4)10(13)15-9-7-8-12(9,14)6-2/h9,14H,5-8H2,1-4H3. The molecule has 1 N–H and O–H groups in total. The minimum atomic E-state index is -0.764. The van der Waals surface area contributed by atoms with Gasteiger partial charge in [-0.3, -0.25) is 4.79 Å². The summed E-state index contributed by atoms with van der Waals surface area (Å²) in [5.41, 5.74) is -1.20. The van der Waals surface area contributed by atoms with Gasteiger partial charge in [0.2, 0.25) is 0 Å². The number of hydrogen-bond donors (Lipinski definition) is 1. The van der Waals surface area contributed by atoms with Gasteiger partial charge in [-0.25, -0.2) is 0 Å². The zero-order valence-corrected chi connectivity index (χ0v) is 10.2. The third kappa shape index (κ3) is 2.33. The molecule has 0 heterocycles. The van der Waals surface area contributed by atoms with E-state index in [1.807, 2.05) is 27.7 Å². The monoisotopic (exact) mass is 214 g/mol. The van der Waals surface area contributed by atoms with Gasteiger partial charge in [-0.05, 0) is 39.5 Å². The molecule has 0 aliphatic heterocycles. The first-order chi connectivity index (χ1) is 6.85. The van der Waals surface area contributed by atoms with Gasteiger partial charge in [-0.15, -0.1) is 0 Å². The smallest absolute Gasteiger partial charge is 0.311 e. The summed E-state index contributed by atoms with van der Waals surface area (Å²) in [5, 5.41) is 9.99. The fourth-order valence-electron chi connectivity index (χ4n) is 1.60. The summed E-state index contributed by atoms with van der Waals surface area (Å²) in [6, 6.07) is 0. The Labute approximate surface area is 91.8 Å². The maximum atomic E-state index is 11.8. The van der Waals surface area contributed by atoms with Crippen molar-refractivity contribution in [3.63, 3.8) is 0 Å². The van der Waals surface area contributed by atoms with Crippen LogP contribution >= 0.6 is 0 Å². The van der Waals surface area contributed by atoms with Crippen molar-refractivity contribution in [3.8, 4) is 0 Å². The molecule has 88 valence electrons. The zero-order chi connectivity index (χ0) is 11.7. The molecule has 1 aliphatic rings. The average molecular weight is 214 g/mol. The average Bonchev–Trinajstić information content (AvgIpc) is 2.22. The van der Waals surface area contributed by atoms with E-state index < -0.39 is 11.0 Å². The molecule has 2 unspecified atom stereocenters. The Bertz CT molecular complexity index is 243. The summed E-state index contributed by atoms with van der Waals surface area (Å²) >= 11 is 0. The lowest BCUT2D eigenvalue weighted by Gasteiger charge is -2.44. The molecule has 0 aromatic carbocycles. The Morgan fingerprint density at radius 3 is 2.47 bits per heavy atom. The minimum absolute atomic E-state index is 0.193. The number of hydrogen-bond acceptors (Lipinski definition) is 3. The van der Waals surface area contributed by atoms with Crippen molar-refractivity contribution >= 4 is 5.97 Å². The second-order valence-electron chi connectivity index (χ2n) is 5.13. The first-order valence-electron chi connectivity index (χ1n) is 5.79. The number of rotatable bonds is 4. The van der Waals surface area contributed by atoms with Crippen LogP contribution in [-0.4, -0.2) is 22.8 Å². The van der Waals surface area contributed by atoms with Crippen molar-refractivity contribution in [1.29, 1.82) is 0 Å². The first kappa shape index (κ1) is 12.5. The molecule has 3 nitrogen and oxygen atoms in total. The third-order valence-electron chi connectivity index (χ3n) is 3.74. The van der Waals surface area contributed by atoms with E-state index in [0.717, 1.165) is 19.3 Å². The maximum Gasteiger partial charge on any atom is 0.311 e. The Morgan fingerprint density at radius 2 is 2.13 bits per heavy atom. The van der Waals surface area contributed by atoms with Gasteiger partial charge in [0.25, 0.3) is 0 Å². The molecule has 0 amide bonds. The summed E-state index contributed by atoms with van der Waals surface area (Å²) in [7, 11) is 0. The van der Waals surface area contributed by atoms with E-state index in [1.54, 1.807) is 0 Å². The molecule has 1 aliphatic carbocycles. The van der Waals surface area contributed by atoms with E-state index in [-0.39, 0.29) is 12.1 Å². The van der Waals surface area contributed by atoms with Crippen LogP contribution in [0.4, 0.5) is 0 Å². The molecular formula is C12H22O3. The van der Waals surface area contributed by atoms with E-state index in [9.17, 15) is 9.90 Å². The lowest BCUT2D eigenvalue weighted by atomic mass is 9.75. The molecule has 0 aromatic rings. The molecule has 0 saturated heterocycles. The summed E-state index contributed by atoms with van der Waals surface area (Å²) in [5.74, 6) is -0.193. The van der Waals surface area contributed by atoms with Crippen LogP contribution in [0.25, 0.3) is 0 Å². The van der Waals surface area contributed by atoms with Gasteiger partial charge in [0, 0.05) is 0 Å². The van der Waals surface area contributed by atoms with E-state index in [4.69, 9.17) is 4.74 Å². The summed E-state index contributed by atoms with van der Waals surface area (Å²) < 4.78 is 5.36. The predicted molar refractivity (Wildman–Crippen MR) is 58.4 cm³/mol. The van der Waals surface area contributed by atoms with E-state index in [2.05, 4.69) is 0 Å². The Hall–Kier alpha value is -0.570. The van der Waals surface area contributed by atoms with Gasteiger partial charge in [0.15, 0.2) is 0 Å². The summed E-state index contributed by atoms with van der Waals surface area (Å²) in [4.78, 5) is 11.8. The molecule has 1 rings (SSSR count). The topological polar surface area (TPSA) is 46.5 Å². The highest BCUT2D eigenvalue weighted by molar-refractivity contribution is 5.76. The molecule has 1 saturated carbocycles. The zero-order valence-electron chi connectivity index (χ0n) is 10.2. The Balaban J connectivity index is 2.53. The number of carbonyl (C=O) groups is 1. The van der Waals surface area contributed by atoms with Crippen LogP contribution in [0, 0.1) is 5.41 Å². The van der Waals surface area contributed by atoms with Crippen LogP contribution < -0.4 is 0 Å². The molecule has 2 atom stereocenters. The molecule has 15 heavy (non-hydrogen) atoms. The van der Waals surface area contributed by atoms with Crippen molar-refractivity contribution in [1.82, 2.24) is 0 Å². The second-order valence-corrected chi connectivity index (χ2v) is 5.13. The summed E-state index contributed by atoms with van der Waals surface area (Å²) in [6.45, 7) is 7.64. The predicted octanol–water partition coefficient (Wildman–Crippen LogP) is 2.27. The van der Waals surface area contributed by atoms with Crippen molar-refractivity contribution in [2.45, 2.75) is 65.1 Å². The molecule has 0 bridgehead atoms. The van der Waals surface area contributed by atoms with E-state index in [0.29, 0.717) is 6.42 Å². The first-order valence-corrected chi connectivity index (χ1v) is 5.79. The SMILES string of the molecule is CCC(C)(C)C(=O)OC1CCC1(O)CC. The fraction of sp³-hybridized carbons (Fsp3) is 0.917. The highest BCUT2D eigenvalue weighted by atomic mass is 16.6. The van der Waals surface area contributed by atoms with Crippen molar-refractivity contribution in [2.75, 3.05) is 0 Å². The van der Waals surface area contributed by atoms with Gasteiger partial charge >= 0.3 is 5.97 Å². The van der Waals surface area contributed by atoms with Crippen LogP contribution in [0.2, 0.25) is 0 Å². The molecule has 3 heteroatoms. The van der Waals surface area contributed by atoms with Crippen LogP contribution in [-0.2, 0) is 9.53 Å². The highest BCUT2D eigenvalue weighted by Gasteiger charge is 2.47. The molecule has 0 radical (unpaired) electrons. The minimum Gasteiger partial charge on any atom is -0.459 e. The molecule has 0 aromatic heterocycles. The van der Waals surface area contributed by atoms with Gasteiger partial charge in [-0.2, -0.15) is 0 Å². The number of ether oxygens (including phenoxy) is 1. The quantitative estimate of drug-likeness (QED) is 0.730. The normalized spacial score (nSPS) is 30.9. The Kier molecular flexibility index (Phi) is 3.44. The van der Waals surface area contributed by atoms with Gasteiger partial charge in [0.05, 0.1) is 5.41 Å². The number of aliphatic hydroxyl groups is 1. The lowest BCUT2D eigenvalue weighted by molar-refractivity contribution is -0.198. The van der Waals surface area contributed by atoms with Crippen LogP contribution in [0.5, 0.6) is 0 Å². The van der Waals surface area contributed by atoms with Crippen LogP contribution in [0.3, 0.4) is 0 Å². The van der Waals surface area contributed by atoms with Gasteiger partial charge in [-0.1, -0.05) is 13.8 Å². The van der Waals surface area contributed by atoms with E-state index in [1.165, 1.54) is 0 Å². The van der Waals surface area contributed by atoms with Crippen LogP contribution in [0.1, 0.15) is 53.4 Å². The number of carbonyl (C=O) groups excluding carboxylic acids is 1. The molecule has 0 spiro atoms. The van der Waals surface area contributed by atoms with Crippen molar-refractivity contribution < 1.29 is 14.6 Å². The second kappa shape index (κ2) is 4.12. The maximum absolute atomic E-state index is 11.8. The van der Waals surface area contributed by atoms with E-state index >= 15 is 0 Å². The molecular weight excluding hydrogens is 192 g/mol. The highest BCUT2D eigenvalue weighted by Crippen LogP contribution is 2.38. The van der Waals surface area contributed by atoms with Gasteiger partial charge < -0.3 is 9.84 Å². The Morgan fingerprint density at radius 1 is 1.53 bits per heavy atom. The molecule has 1 fully saturated rings.